The zero-order valence-corrected chi connectivity index (χ0v) is 40.8. The van der Waals surface area contributed by atoms with Gasteiger partial charge in [0.2, 0.25) is 0 Å². The fourth-order valence-corrected chi connectivity index (χ4v) is 15.1. The van der Waals surface area contributed by atoms with E-state index in [0.717, 1.165) is 12.8 Å². The Labute approximate surface area is 327 Å². The second kappa shape index (κ2) is 16.9. The molecule has 3 saturated carbocycles. The van der Waals surface area contributed by atoms with Gasteiger partial charge in [-0.15, -0.1) is 0 Å². The van der Waals surface area contributed by atoms with E-state index >= 15 is 0 Å². The van der Waals surface area contributed by atoms with Crippen LogP contribution >= 0.6 is 0 Å². The summed E-state index contributed by atoms with van der Waals surface area (Å²) in [5, 5.41) is 0.328. The summed E-state index contributed by atoms with van der Waals surface area (Å²) in [5.74, 6) is 2.33. The van der Waals surface area contributed by atoms with Crippen molar-refractivity contribution in [2.24, 2.45) is 29.1 Å². The first-order valence-electron chi connectivity index (χ1n) is 21.5. The van der Waals surface area contributed by atoms with Crippen LogP contribution in [0.3, 0.4) is 0 Å². The van der Waals surface area contributed by atoms with Crippen LogP contribution in [0.5, 0.6) is 0 Å². The smallest absolute Gasteiger partial charge is 0.192 e. The molecule has 0 aromatic carbocycles. The molecule has 7 atom stereocenters. The third-order valence-electron chi connectivity index (χ3n) is 15.6. The van der Waals surface area contributed by atoms with Crippen LogP contribution in [0.4, 0.5) is 0 Å². The summed E-state index contributed by atoms with van der Waals surface area (Å²) in [6.07, 6.45) is 18.6. The molecule has 3 fully saturated rings. The number of fused-ring (bicyclic) bond motifs is 1. The van der Waals surface area contributed by atoms with Crippen LogP contribution in [-0.4, -0.2) is 42.8 Å². The fraction of sp³-hybridized carbons (Fsp3) is 0.826. The Morgan fingerprint density at radius 1 is 0.827 bits per heavy atom. The van der Waals surface area contributed by atoms with Crippen molar-refractivity contribution < 1.29 is 13.3 Å². The normalized spacial score (nSPS) is 30.0. The molecule has 3 aliphatic rings. The lowest BCUT2D eigenvalue weighted by Crippen LogP contribution is -2.49. The Balaban J connectivity index is 1.86. The van der Waals surface area contributed by atoms with Gasteiger partial charge < -0.3 is 13.3 Å². The van der Waals surface area contributed by atoms with Crippen molar-refractivity contribution in [3.63, 3.8) is 0 Å². The molecular formula is C46H86O3Si3. The van der Waals surface area contributed by atoms with E-state index in [0.29, 0.717) is 29.1 Å². The summed E-state index contributed by atoms with van der Waals surface area (Å²) < 4.78 is 21.3. The molecule has 3 rings (SSSR count). The third-order valence-corrected chi connectivity index (χ3v) is 29.5. The van der Waals surface area contributed by atoms with Crippen molar-refractivity contribution in [1.82, 2.24) is 0 Å². The summed E-state index contributed by atoms with van der Waals surface area (Å²) in [6, 6.07) is 3.61. The van der Waals surface area contributed by atoms with Gasteiger partial charge in [-0.3, -0.25) is 0 Å². The predicted molar refractivity (Wildman–Crippen MR) is 237 cm³/mol. The van der Waals surface area contributed by atoms with Crippen LogP contribution in [-0.2, 0) is 13.3 Å². The molecule has 0 N–H and O–H groups in total. The summed E-state index contributed by atoms with van der Waals surface area (Å²) in [5.41, 5.74) is 4.43. The summed E-state index contributed by atoms with van der Waals surface area (Å²) in [6.45, 7) is 47.6. The highest BCUT2D eigenvalue weighted by molar-refractivity contribution is 6.74. The van der Waals surface area contributed by atoms with E-state index in [9.17, 15) is 0 Å². The monoisotopic (exact) mass is 771 g/mol. The molecule has 0 aromatic heterocycles. The third kappa shape index (κ3) is 10.3. The Morgan fingerprint density at radius 2 is 1.38 bits per heavy atom. The standard InChI is InChI=1S/C46H86O3Si3/c1-20-52(21-2,22-3)49-45(13,14)35(5)26-25-34(4)40-29-30-41-37(24-23-31-46(40,41)15)27-28-38-32-39(47-50(16,17)43(7,8)9)33-42(36(38)6)48-51(18,19)44(10,11)12/h25-28,34-35,39-42H,6,20-24,29-33H2,1-5,7-19H3/b26-25+,37-27-,38-28-/t34-,35?,39-,40?,41+,42+,46-/m1/s1. The number of rotatable bonds is 14. The minimum Gasteiger partial charge on any atom is -0.413 e. The van der Waals surface area contributed by atoms with Gasteiger partial charge in [-0.25, -0.2) is 0 Å². The van der Waals surface area contributed by atoms with E-state index in [1.807, 2.05) is 0 Å². The molecule has 52 heavy (non-hydrogen) atoms. The summed E-state index contributed by atoms with van der Waals surface area (Å²) >= 11 is 0. The number of hydrogen-bond acceptors (Lipinski definition) is 3. The van der Waals surface area contributed by atoms with Crippen LogP contribution < -0.4 is 0 Å². The van der Waals surface area contributed by atoms with E-state index in [1.54, 1.807) is 5.57 Å². The maximum atomic E-state index is 7.14. The second-order valence-electron chi connectivity index (χ2n) is 21.3. The molecule has 0 saturated heterocycles. The van der Waals surface area contributed by atoms with Crippen LogP contribution in [0.25, 0.3) is 0 Å². The first-order chi connectivity index (χ1) is 23.7. The van der Waals surface area contributed by atoms with E-state index in [2.05, 4.69) is 147 Å². The molecule has 0 aliphatic heterocycles. The zero-order chi connectivity index (χ0) is 39.7. The van der Waals surface area contributed by atoms with Crippen molar-refractivity contribution in [2.45, 2.75) is 214 Å². The highest BCUT2D eigenvalue weighted by Crippen LogP contribution is 2.59. The van der Waals surface area contributed by atoms with Gasteiger partial charge in [-0.05, 0) is 141 Å². The lowest BCUT2D eigenvalue weighted by Gasteiger charge is -2.45. The summed E-state index contributed by atoms with van der Waals surface area (Å²) in [4.78, 5) is 0. The Morgan fingerprint density at radius 3 is 1.92 bits per heavy atom. The van der Waals surface area contributed by atoms with Gasteiger partial charge in [-0.1, -0.05) is 120 Å². The van der Waals surface area contributed by atoms with E-state index in [1.165, 1.54) is 61.4 Å². The van der Waals surface area contributed by atoms with Crippen LogP contribution in [0.1, 0.15) is 142 Å². The number of hydrogen-bond donors (Lipinski definition) is 0. The highest BCUT2D eigenvalue weighted by Gasteiger charge is 2.51. The van der Waals surface area contributed by atoms with Crippen molar-refractivity contribution in [1.29, 1.82) is 0 Å². The molecule has 2 unspecified atom stereocenters. The van der Waals surface area contributed by atoms with Crippen molar-refractivity contribution >= 4 is 25.0 Å². The average Bonchev–Trinajstić information content (AvgIpc) is 3.39. The molecule has 0 spiro atoms. The molecule has 0 aromatic rings. The highest BCUT2D eigenvalue weighted by atomic mass is 28.4. The van der Waals surface area contributed by atoms with Gasteiger partial charge >= 0.3 is 0 Å². The topological polar surface area (TPSA) is 27.7 Å². The molecule has 0 heterocycles. The quantitative estimate of drug-likeness (QED) is 0.130. The molecule has 0 bridgehead atoms. The minimum absolute atomic E-state index is 0.0247. The predicted octanol–water partition coefficient (Wildman–Crippen LogP) is 14.8. The van der Waals surface area contributed by atoms with Crippen LogP contribution in [0.15, 0.2) is 47.6 Å². The molecule has 6 heteroatoms. The second-order valence-corrected chi connectivity index (χ2v) is 35.5. The largest absolute Gasteiger partial charge is 0.413 e. The Bertz CT molecular complexity index is 1300. The maximum absolute atomic E-state index is 7.14. The molecular weight excluding hydrogens is 685 g/mol. The molecule has 3 aliphatic carbocycles. The van der Waals surface area contributed by atoms with Crippen molar-refractivity contribution in [3.05, 3.63) is 47.6 Å². The van der Waals surface area contributed by atoms with Crippen LogP contribution in [0, 0.1) is 29.1 Å². The first kappa shape index (κ1) is 45.9. The van der Waals surface area contributed by atoms with Crippen molar-refractivity contribution in [2.75, 3.05) is 0 Å². The fourth-order valence-electron chi connectivity index (χ4n) is 9.23. The lowest BCUT2D eigenvalue weighted by molar-refractivity contribution is 0.0584. The Hall–Kier alpha value is -0.509. The maximum Gasteiger partial charge on any atom is 0.192 e. The van der Waals surface area contributed by atoms with Crippen molar-refractivity contribution in [3.8, 4) is 0 Å². The lowest BCUT2D eigenvalue weighted by atomic mass is 9.61. The van der Waals surface area contributed by atoms with E-state index in [4.69, 9.17) is 19.9 Å². The Kier molecular flexibility index (Phi) is 14.9. The average molecular weight is 771 g/mol. The molecule has 0 amide bonds. The van der Waals surface area contributed by atoms with Gasteiger partial charge in [0.1, 0.15) is 0 Å². The minimum atomic E-state index is -1.99. The van der Waals surface area contributed by atoms with Gasteiger partial charge in [0, 0.05) is 12.3 Å². The van der Waals surface area contributed by atoms with Crippen LogP contribution in [0.2, 0.25) is 54.4 Å². The van der Waals surface area contributed by atoms with Gasteiger partial charge in [0.05, 0.1) is 17.8 Å². The molecule has 300 valence electrons. The molecule has 3 nitrogen and oxygen atoms in total. The van der Waals surface area contributed by atoms with E-state index in [-0.39, 0.29) is 27.9 Å². The SMILES string of the molecule is C=C1/C(=C\C=C2\CCC[C@]3(C)C([C@H](C)/C=C/C(C)C(C)(C)O[Si](CC)(CC)CC)CC[C@@H]23)C[C@@H](O[Si](C)(C)C(C)(C)C)C[C@@H]1O[Si](C)(C)C(C)(C)C. The van der Waals surface area contributed by atoms with Gasteiger partial charge in [0.25, 0.3) is 0 Å². The van der Waals surface area contributed by atoms with Gasteiger partial charge in [-0.2, -0.15) is 0 Å². The molecule has 0 radical (unpaired) electrons. The zero-order valence-electron chi connectivity index (χ0n) is 37.8. The number of allylic oxidation sites excluding steroid dienone is 4. The van der Waals surface area contributed by atoms with Gasteiger partial charge in [0.15, 0.2) is 25.0 Å². The van der Waals surface area contributed by atoms with E-state index < -0.39 is 25.0 Å². The first-order valence-corrected chi connectivity index (χ1v) is 29.9. The summed E-state index contributed by atoms with van der Waals surface area (Å²) in [7, 11) is -5.60.